The molecule has 0 bridgehead atoms. The highest BCUT2D eigenvalue weighted by atomic mass is 14.8. The Morgan fingerprint density at radius 3 is 2.25 bits per heavy atom. The Morgan fingerprint density at radius 2 is 1.67 bits per heavy atom. The van der Waals surface area contributed by atoms with Crippen molar-refractivity contribution in [2.24, 2.45) is 51.6 Å². The Kier molecular flexibility index (Phi) is 8.38. The summed E-state index contributed by atoms with van der Waals surface area (Å²) in [6.45, 7) is 33.3. The Hall–Kier alpha value is -1.08. The first-order valence-electron chi connectivity index (χ1n) is 15.0. The number of nitrogens with two attached hydrogens (primary N) is 1. The van der Waals surface area contributed by atoms with Gasteiger partial charge < -0.3 is 5.73 Å². The van der Waals surface area contributed by atoms with E-state index in [0.717, 1.165) is 24.7 Å². The number of hydrogen-bond donors (Lipinski definition) is 1. The van der Waals surface area contributed by atoms with Gasteiger partial charge in [0.25, 0.3) is 0 Å². The molecule has 2 saturated carbocycles. The fourth-order valence-corrected chi connectivity index (χ4v) is 8.86. The molecule has 204 valence electrons. The van der Waals surface area contributed by atoms with Crippen LogP contribution in [0.15, 0.2) is 47.6 Å². The topological polar surface area (TPSA) is 26.0 Å². The number of allylic oxidation sites excluding steroid dienone is 4. The normalized spacial score (nSPS) is 41.9. The van der Waals surface area contributed by atoms with Gasteiger partial charge in [0.05, 0.1) is 0 Å². The minimum Gasteiger partial charge on any atom is -0.321 e. The molecule has 0 amide bonds. The van der Waals surface area contributed by atoms with Crippen molar-refractivity contribution in [3.8, 4) is 0 Å². The first-order valence-corrected chi connectivity index (χ1v) is 15.0. The van der Waals surface area contributed by atoms with Crippen LogP contribution in [0.3, 0.4) is 0 Å². The van der Waals surface area contributed by atoms with Crippen molar-refractivity contribution >= 4 is 0 Å². The molecule has 8 atom stereocenters. The summed E-state index contributed by atoms with van der Waals surface area (Å²) in [4.78, 5) is 0. The van der Waals surface area contributed by atoms with Gasteiger partial charge in [0.15, 0.2) is 0 Å². The molecular formula is C35H59N. The van der Waals surface area contributed by atoms with Gasteiger partial charge in [-0.25, -0.2) is 0 Å². The van der Waals surface area contributed by atoms with E-state index < -0.39 is 0 Å². The van der Waals surface area contributed by atoms with Crippen molar-refractivity contribution < 1.29 is 0 Å². The predicted molar refractivity (Wildman–Crippen MR) is 160 cm³/mol. The summed E-state index contributed by atoms with van der Waals surface area (Å²) < 4.78 is 0. The van der Waals surface area contributed by atoms with E-state index >= 15 is 0 Å². The number of fused-ring (bicyclic) bond motifs is 3. The fraction of sp³-hybridized carbons (Fsp3) is 0.771. The molecule has 3 rings (SSSR count). The lowest BCUT2D eigenvalue weighted by molar-refractivity contribution is 0.00299. The maximum absolute atomic E-state index is 7.58. The molecule has 0 aromatic heterocycles. The van der Waals surface area contributed by atoms with Gasteiger partial charge in [-0.3, -0.25) is 0 Å². The van der Waals surface area contributed by atoms with Crippen molar-refractivity contribution in [2.45, 2.75) is 126 Å². The molecule has 3 aliphatic carbocycles. The van der Waals surface area contributed by atoms with E-state index in [0.29, 0.717) is 23.2 Å². The molecule has 36 heavy (non-hydrogen) atoms. The molecule has 1 heteroatoms. The number of rotatable bonds is 4. The average molecular weight is 494 g/mol. The van der Waals surface area contributed by atoms with Crippen LogP contribution in [0, 0.1) is 45.8 Å². The summed E-state index contributed by atoms with van der Waals surface area (Å²) >= 11 is 0. The molecule has 0 aromatic carbocycles. The van der Waals surface area contributed by atoms with Gasteiger partial charge in [0.2, 0.25) is 0 Å². The maximum Gasteiger partial charge on any atom is 0.0440 e. The summed E-state index contributed by atoms with van der Waals surface area (Å²) in [5.74, 6) is 3.03. The third-order valence-electron chi connectivity index (χ3n) is 11.8. The number of hydrogen-bond acceptors (Lipinski definition) is 1. The van der Waals surface area contributed by atoms with Crippen LogP contribution in [-0.2, 0) is 0 Å². The van der Waals surface area contributed by atoms with E-state index in [1.807, 2.05) is 0 Å². The molecule has 1 nitrogen and oxygen atoms in total. The molecule has 2 fully saturated rings. The van der Waals surface area contributed by atoms with Crippen LogP contribution >= 0.6 is 0 Å². The molecule has 0 aromatic rings. The minimum absolute atomic E-state index is 0.0970. The monoisotopic (exact) mass is 493 g/mol. The van der Waals surface area contributed by atoms with Crippen LogP contribution < -0.4 is 5.73 Å². The largest absolute Gasteiger partial charge is 0.321 e. The SMILES string of the molecule is C=CC(C)C1CCC2(C)C(=CC(=C)C3(N)CCC(C)(C)CC(C)C(C)CCC23)C1(C)CC(C)=C(C)C. The summed E-state index contributed by atoms with van der Waals surface area (Å²) in [6, 6.07) is 0. The van der Waals surface area contributed by atoms with Crippen LogP contribution in [0.4, 0.5) is 0 Å². The van der Waals surface area contributed by atoms with E-state index in [1.165, 1.54) is 55.2 Å². The molecule has 0 spiro atoms. The standard InChI is InChI=1S/C35H59N/c1-13-24(4)29-16-17-33(11)30-15-14-25(5)27(7)21-32(9,10)18-19-35(30,36)28(8)20-31(33)34(29,12)22-26(6)23(2)3/h13,20,24-25,27,29-30H,1,8,14-19,21-22,36H2,2-7,9-12H3. The van der Waals surface area contributed by atoms with Crippen molar-refractivity contribution in [3.63, 3.8) is 0 Å². The lowest BCUT2D eigenvalue weighted by Crippen LogP contribution is -2.61. The van der Waals surface area contributed by atoms with Crippen molar-refractivity contribution in [1.82, 2.24) is 0 Å². The highest BCUT2D eigenvalue weighted by Gasteiger charge is 2.59. The van der Waals surface area contributed by atoms with Crippen LogP contribution in [0.5, 0.6) is 0 Å². The zero-order valence-electron chi connectivity index (χ0n) is 25.7. The predicted octanol–water partition coefficient (Wildman–Crippen LogP) is 10.0. The summed E-state index contributed by atoms with van der Waals surface area (Å²) in [7, 11) is 0. The first-order chi connectivity index (χ1) is 16.5. The van der Waals surface area contributed by atoms with Gasteiger partial charge in [0, 0.05) is 5.54 Å². The summed E-state index contributed by atoms with van der Waals surface area (Å²) in [6.07, 6.45) is 14.3. The summed E-state index contributed by atoms with van der Waals surface area (Å²) in [5, 5.41) is 0. The van der Waals surface area contributed by atoms with Crippen molar-refractivity contribution in [2.75, 3.05) is 0 Å². The lowest BCUT2D eigenvalue weighted by atomic mass is 9.43. The molecule has 0 saturated heterocycles. The zero-order valence-corrected chi connectivity index (χ0v) is 25.7. The van der Waals surface area contributed by atoms with Gasteiger partial charge >= 0.3 is 0 Å². The Morgan fingerprint density at radius 1 is 1.03 bits per heavy atom. The Bertz CT molecular complexity index is 913. The van der Waals surface area contributed by atoms with Gasteiger partial charge in [-0.05, 0) is 117 Å². The third kappa shape index (κ3) is 5.12. The fourth-order valence-electron chi connectivity index (χ4n) is 8.86. The van der Waals surface area contributed by atoms with Crippen LogP contribution in [0.2, 0.25) is 0 Å². The second-order valence-electron chi connectivity index (χ2n) is 15.1. The van der Waals surface area contributed by atoms with Crippen molar-refractivity contribution in [1.29, 1.82) is 0 Å². The van der Waals surface area contributed by atoms with E-state index in [1.54, 1.807) is 5.57 Å². The molecule has 3 aliphatic rings. The van der Waals surface area contributed by atoms with Gasteiger partial charge in [0.1, 0.15) is 0 Å². The van der Waals surface area contributed by atoms with E-state index in [-0.39, 0.29) is 16.4 Å². The highest BCUT2D eigenvalue weighted by Crippen LogP contribution is 2.66. The minimum atomic E-state index is -0.306. The molecule has 2 N–H and O–H groups in total. The van der Waals surface area contributed by atoms with Gasteiger partial charge in [-0.2, -0.15) is 0 Å². The van der Waals surface area contributed by atoms with Crippen molar-refractivity contribution in [3.05, 3.63) is 47.6 Å². The smallest absolute Gasteiger partial charge is 0.0440 e. The molecule has 8 unspecified atom stereocenters. The third-order valence-corrected chi connectivity index (χ3v) is 11.8. The second-order valence-corrected chi connectivity index (χ2v) is 15.1. The second kappa shape index (κ2) is 10.2. The maximum atomic E-state index is 7.58. The van der Waals surface area contributed by atoms with E-state index in [4.69, 9.17) is 12.3 Å². The van der Waals surface area contributed by atoms with E-state index in [2.05, 4.69) is 88.0 Å². The molecule has 0 radical (unpaired) electrons. The zero-order chi connectivity index (χ0) is 27.3. The van der Waals surface area contributed by atoms with Crippen LogP contribution in [-0.4, -0.2) is 5.54 Å². The van der Waals surface area contributed by atoms with Crippen LogP contribution in [0.1, 0.15) is 121 Å². The first kappa shape index (κ1) is 29.5. The highest BCUT2D eigenvalue weighted by molar-refractivity contribution is 5.46. The van der Waals surface area contributed by atoms with Crippen LogP contribution in [0.25, 0.3) is 0 Å². The van der Waals surface area contributed by atoms with Gasteiger partial charge in [-0.1, -0.05) is 90.3 Å². The average Bonchev–Trinajstić information content (AvgIpc) is 2.78. The molecular weight excluding hydrogens is 434 g/mol. The summed E-state index contributed by atoms with van der Waals surface area (Å²) in [5.41, 5.74) is 13.7. The lowest BCUT2D eigenvalue weighted by Gasteiger charge is -2.62. The molecule has 0 heterocycles. The quantitative estimate of drug-likeness (QED) is 0.387. The molecule has 0 aliphatic heterocycles. The Balaban J connectivity index is 2.18. The van der Waals surface area contributed by atoms with Gasteiger partial charge in [-0.15, -0.1) is 6.58 Å². The van der Waals surface area contributed by atoms with E-state index in [9.17, 15) is 0 Å². The Labute approximate surface area is 225 Å².